The van der Waals surface area contributed by atoms with Crippen LogP contribution >= 0.6 is 0 Å². The molecule has 1 heterocycles. The summed E-state index contributed by atoms with van der Waals surface area (Å²) in [6.45, 7) is 1.94. The Morgan fingerprint density at radius 3 is 2.93 bits per heavy atom. The summed E-state index contributed by atoms with van der Waals surface area (Å²) in [5.41, 5.74) is 6.21. The lowest BCUT2D eigenvalue weighted by molar-refractivity contribution is 0.631. The van der Waals surface area contributed by atoms with Crippen LogP contribution < -0.4 is 5.73 Å². The largest absolute Gasteiger partial charge is 0.396 e. The summed E-state index contributed by atoms with van der Waals surface area (Å²) < 4.78 is 14.5. The Hall–Kier alpha value is -1.98. The molecular weight excluding hydrogens is 197 g/mol. The van der Waals surface area contributed by atoms with Crippen molar-refractivity contribution in [2.45, 2.75) is 13.3 Å². The fourth-order valence-electron chi connectivity index (χ4n) is 1.29. The van der Waals surface area contributed by atoms with Crippen LogP contribution in [0.25, 0.3) is 5.69 Å². The second-order valence-corrected chi connectivity index (χ2v) is 3.07. The molecule has 6 heteroatoms. The van der Waals surface area contributed by atoms with Crippen molar-refractivity contribution < 1.29 is 4.39 Å². The lowest BCUT2D eigenvalue weighted by atomic mass is 10.2. The van der Waals surface area contributed by atoms with E-state index in [2.05, 4.69) is 15.5 Å². The quantitative estimate of drug-likeness (QED) is 0.744. The molecule has 0 saturated heterocycles. The van der Waals surface area contributed by atoms with Crippen LogP contribution in [0.3, 0.4) is 0 Å². The molecule has 0 bridgehead atoms. The predicted molar refractivity (Wildman–Crippen MR) is 52.9 cm³/mol. The smallest absolute Gasteiger partial charge is 0.156 e. The zero-order valence-corrected chi connectivity index (χ0v) is 8.18. The maximum absolute atomic E-state index is 12.9. The molecule has 0 amide bonds. The van der Waals surface area contributed by atoms with Crippen LogP contribution in [-0.4, -0.2) is 20.2 Å². The number of hydrogen-bond donors (Lipinski definition) is 1. The highest BCUT2D eigenvalue weighted by atomic mass is 19.1. The molecule has 1 aromatic carbocycles. The molecule has 0 aliphatic carbocycles. The third-order valence-electron chi connectivity index (χ3n) is 2.07. The number of hydrogen-bond acceptors (Lipinski definition) is 4. The van der Waals surface area contributed by atoms with E-state index >= 15 is 0 Å². The molecule has 15 heavy (non-hydrogen) atoms. The monoisotopic (exact) mass is 207 g/mol. The van der Waals surface area contributed by atoms with Gasteiger partial charge in [0, 0.05) is 6.42 Å². The van der Waals surface area contributed by atoms with Gasteiger partial charge in [0.25, 0.3) is 0 Å². The van der Waals surface area contributed by atoms with Crippen molar-refractivity contribution in [3.63, 3.8) is 0 Å². The molecule has 0 atom stereocenters. The maximum Gasteiger partial charge on any atom is 0.156 e. The Morgan fingerprint density at radius 1 is 1.47 bits per heavy atom. The number of tetrazole rings is 1. The van der Waals surface area contributed by atoms with Crippen LogP contribution in [0.2, 0.25) is 0 Å². The summed E-state index contributed by atoms with van der Waals surface area (Å²) in [5.74, 6) is 0.269. The molecule has 1 aromatic heterocycles. The first kappa shape index (κ1) is 9.57. The third kappa shape index (κ3) is 1.65. The lowest BCUT2D eigenvalue weighted by Crippen LogP contribution is -2.03. The van der Waals surface area contributed by atoms with E-state index in [0.29, 0.717) is 17.9 Å². The van der Waals surface area contributed by atoms with Crippen LogP contribution in [0.15, 0.2) is 18.2 Å². The van der Waals surface area contributed by atoms with Crippen molar-refractivity contribution in [1.82, 2.24) is 20.2 Å². The highest BCUT2D eigenvalue weighted by molar-refractivity contribution is 5.48. The third-order valence-corrected chi connectivity index (χ3v) is 2.07. The number of aromatic nitrogens is 4. The van der Waals surface area contributed by atoms with Crippen molar-refractivity contribution in [1.29, 1.82) is 0 Å². The van der Waals surface area contributed by atoms with Gasteiger partial charge in [-0.25, -0.2) is 4.39 Å². The van der Waals surface area contributed by atoms with E-state index in [9.17, 15) is 4.39 Å². The number of anilines is 1. The maximum atomic E-state index is 12.9. The first-order valence-corrected chi connectivity index (χ1v) is 4.55. The first-order chi connectivity index (χ1) is 7.22. The van der Waals surface area contributed by atoms with Gasteiger partial charge in [-0.1, -0.05) is 6.92 Å². The van der Waals surface area contributed by atoms with Gasteiger partial charge >= 0.3 is 0 Å². The zero-order valence-electron chi connectivity index (χ0n) is 8.18. The number of benzene rings is 1. The molecule has 0 aliphatic heterocycles. The van der Waals surface area contributed by atoms with Crippen molar-refractivity contribution in [3.05, 3.63) is 29.8 Å². The van der Waals surface area contributed by atoms with Gasteiger partial charge in [0.05, 0.1) is 11.4 Å². The molecule has 0 radical (unpaired) electrons. The summed E-state index contributed by atoms with van der Waals surface area (Å²) >= 11 is 0. The van der Waals surface area contributed by atoms with Gasteiger partial charge in [0.15, 0.2) is 5.82 Å². The van der Waals surface area contributed by atoms with E-state index < -0.39 is 5.82 Å². The molecule has 0 saturated carbocycles. The van der Waals surface area contributed by atoms with Crippen LogP contribution in [0.5, 0.6) is 0 Å². The molecule has 0 aliphatic rings. The summed E-state index contributed by atoms with van der Waals surface area (Å²) in [4.78, 5) is 0. The fraction of sp³-hybridized carbons (Fsp3) is 0.222. The Balaban J connectivity index is 2.50. The summed E-state index contributed by atoms with van der Waals surface area (Å²) in [6, 6.07) is 4.39. The molecule has 2 rings (SSSR count). The standard InChI is InChI=1S/C9H10FN5/c1-2-9-12-13-14-15(9)6-3-4-7(10)8(11)5-6/h3-5H,2,11H2,1H3. The van der Waals surface area contributed by atoms with E-state index in [1.165, 1.54) is 16.8 Å². The van der Waals surface area contributed by atoms with Crippen LogP contribution in [0.1, 0.15) is 12.7 Å². The van der Waals surface area contributed by atoms with E-state index in [1.54, 1.807) is 6.07 Å². The Labute approximate surface area is 85.7 Å². The van der Waals surface area contributed by atoms with Crippen LogP contribution in [-0.2, 0) is 6.42 Å². The summed E-state index contributed by atoms with van der Waals surface area (Å²) in [7, 11) is 0. The average Bonchev–Trinajstić information content (AvgIpc) is 2.70. The number of aryl methyl sites for hydroxylation is 1. The van der Waals surface area contributed by atoms with E-state index in [0.717, 1.165) is 0 Å². The Kier molecular flexibility index (Phi) is 2.32. The molecule has 0 unspecified atom stereocenters. The Bertz CT molecular complexity index is 479. The van der Waals surface area contributed by atoms with Gasteiger partial charge in [-0.15, -0.1) is 5.10 Å². The van der Waals surface area contributed by atoms with Crippen LogP contribution in [0, 0.1) is 5.82 Å². The minimum Gasteiger partial charge on any atom is -0.396 e. The van der Waals surface area contributed by atoms with Gasteiger partial charge in [-0.3, -0.25) is 0 Å². The van der Waals surface area contributed by atoms with Gasteiger partial charge < -0.3 is 5.73 Å². The fourth-order valence-corrected chi connectivity index (χ4v) is 1.29. The number of halogens is 1. The molecule has 2 aromatic rings. The molecule has 78 valence electrons. The Morgan fingerprint density at radius 2 is 2.27 bits per heavy atom. The molecule has 0 spiro atoms. The van der Waals surface area contributed by atoms with Crippen molar-refractivity contribution in [2.75, 3.05) is 5.73 Å². The highest BCUT2D eigenvalue weighted by Gasteiger charge is 2.07. The number of nitrogen functional groups attached to an aromatic ring is 1. The molecular formula is C9H10FN5. The van der Waals surface area contributed by atoms with Crippen molar-refractivity contribution in [2.24, 2.45) is 0 Å². The average molecular weight is 207 g/mol. The van der Waals surface area contributed by atoms with E-state index in [4.69, 9.17) is 5.73 Å². The van der Waals surface area contributed by atoms with Crippen LogP contribution in [0.4, 0.5) is 10.1 Å². The summed E-state index contributed by atoms with van der Waals surface area (Å²) in [5, 5.41) is 11.2. The SMILES string of the molecule is CCc1nnnn1-c1ccc(F)c(N)c1. The highest BCUT2D eigenvalue weighted by Crippen LogP contribution is 2.15. The zero-order chi connectivity index (χ0) is 10.8. The second kappa shape index (κ2) is 3.64. The minimum absolute atomic E-state index is 0.0880. The van der Waals surface area contributed by atoms with Gasteiger partial charge in [0.2, 0.25) is 0 Å². The second-order valence-electron chi connectivity index (χ2n) is 3.07. The number of rotatable bonds is 2. The normalized spacial score (nSPS) is 10.5. The topological polar surface area (TPSA) is 69.6 Å². The predicted octanol–water partition coefficient (Wildman–Crippen LogP) is 0.946. The van der Waals surface area contributed by atoms with E-state index in [1.807, 2.05) is 6.92 Å². The van der Waals surface area contributed by atoms with Gasteiger partial charge in [-0.05, 0) is 28.6 Å². The molecule has 2 N–H and O–H groups in total. The van der Waals surface area contributed by atoms with Crippen molar-refractivity contribution in [3.8, 4) is 5.69 Å². The van der Waals surface area contributed by atoms with E-state index in [-0.39, 0.29) is 5.69 Å². The molecule has 0 fully saturated rings. The molecule has 5 nitrogen and oxygen atoms in total. The van der Waals surface area contributed by atoms with Crippen molar-refractivity contribution >= 4 is 5.69 Å². The summed E-state index contributed by atoms with van der Waals surface area (Å²) in [6.07, 6.45) is 0.699. The van der Waals surface area contributed by atoms with Gasteiger partial charge in [0.1, 0.15) is 5.82 Å². The van der Waals surface area contributed by atoms with Gasteiger partial charge in [-0.2, -0.15) is 4.68 Å². The number of nitrogens with two attached hydrogens (primary N) is 1. The number of nitrogens with zero attached hydrogens (tertiary/aromatic N) is 4. The minimum atomic E-state index is -0.440. The first-order valence-electron chi connectivity index (χ1n) is 4.55. The lowest BCUT2D eigenvalue weighted by Gasteiger charge is -2.04.